The third-order valence-electron chi connectivity index (χ3n) is 5.64. The summed E-state index contributed by atoms with van der Waals surface area (Å²) in [6.07, 6.45) is 4.04. The fourth-order valence-electron chi connectivity index (χ4n) is 4.34. The van der Waals surface area contributed by atoms with Crippen molar-refractivity contribution in [1.82, 2.24) is 4.90 Å². The lowest BCUT2D eigenvalue weighted by molar-refractivity contribution is -0.110. The number of fused-ring (bicyclic) bond motifs is 2. The molecule has 1 fully saturated rings. The minimum Gasteiger partial charge on any atom is -0.369 e. The van der Waals surface area contributed by atoms with E-state index in [1.165, 1.54) is 16.0 Å². The van der Waals surface area contributed by atoms with Gasteiger partial charge in [-0.3, -0.25) is 9.62 Å². The van der Waals surface area contributed by atoms with Crippen molar-refractivity contribution >= 4 is 38.6 Å². The number of hydrogen-bond donors (Lipinski definition) is 1. The zero-order valence-electron chi connectivity index (χ0n) is 16.1. The molecule has 5 nitrogen and oxygen atoms in total. The Kier molecular flexibility index (Phi) is 5.48. The van der Waals surface area contributed by atoms with E-state index in [-0.39, 0.29) is 5.60 Å². The van der Waals surface area contributed by atoms with Crippen LogP contribution in [0.15, 0.2) is 30.3 Å². The largest absolute Gasteiger partial charge is 0.369 e. The van der Waals surface area contributed by atoms with E-state index in [0.717, 1.165) is 49.6 Å². The SMILES string of the molecule is C[C@H]1C[C@@]2(CCN1Cc1ccc(NS(C)(=O)=O)cc1)OCCc1cc(Cl)sc12. The Bertz CT molecular complexity index is 958. The molecular weight excluding hydrogens is 416 g/mol. The average molecular weight is 441 g/mol. The molecule has 1 aromatic carbocycles. The zero-order valence-corrected chi connectivity index (χ0v) is 18.5. The van der Waals surface area contributed by atoms with Gasteiger partial charge in [0.15, 0.2) is 0 Å². The van der Waals surface area contributed by atoms with Gasteiger partial charge in [-0.05, 0) is 55.5 Å². The summed E-state index contributed by atoms with van der Waals surface area (Å²) in [4.78, 5) is 3.79. The maximum Gasteiger partial charge on any atom is 0.229 e. The highest BCUT2D eigenvalue weighted by Gasteiger charge is 2.44. The summed E-state index contributed by atoms with van der Waals surface area (Å²) < 4.78 is 32.4. The van der Waals surface area contributed by atoms with Gasteiger partial charge in [-0.15, -0.1) is 11.3 Å². The van der Waals surface area contributed by atoms with Gasteiger partial charge < -0.3 is 4.74 Å². The fraction of sp³-hybridized carbons (Fsp3) is 0.500. The van der Waals surface area contributed by atoms with Crippen LogP contribution in [0.25, 0.3) is 0 Å². The molecule has 152 valence electrons. The molecule has 1 N–H and O–H groups in total. The van der Waals surface area contributed by atoms with Gasteiger partial charge >= 0.3 is 0 Å². The summed E-state index contributed by atoms with van der Waals surface area (Å²) in [6, 6.07) is 10.1. The minimum absolute atomic E-state index is 0.190. The highest BCUT2D eigenvalue weighted by molar-refractivity contribution is 7.92. The molecule has 2 aromatic rings. The quantitative estimate of drug-likeness (QED) is 0.773. The molecule has 0 radical (unpaired) electrons. The normalized spacial score (nSPS) is 25.6. The van der Waals surface area contributed by atoms with Gasteiger partial charge in [-0.25, -0.2) is 8.42 Å². The van der Waals surface area contributed by atoms with E-state index in [1.54, 1.807) is 11.3 Å². The van der Waals surface area contributed by atoms with Crippen molar-refractivity contribution in [2.24, 2.45) is 0 Å². The predicted octanol–water partition coefficient (Wildman–Crippen LogP) is 4.23. The molecule has 0 amide bonds. The van der Waals surface area contributed by atoms with Crippen LogP contribution in [0.5, 0.6) is 0 Å². The summed E-state index contributed by atoms with van der Waals surface area (Å²) in [5.41, 5.74) is 2.93. The first-order valence-electron chi connectivity index (χ1n) is 9.47. The number of ether oxygens (including phenoxy) is 1. The summed E-state index contributed by atoms with van der Waals surface area (Å²) in [7, 11) is -3.25. The van der Waals surface area contributed by atoms with Crippen LogP contribution in [0.1, 0.15) is 35.8 Å². The molecule has 1 aromatic heterocycles. The van der Waals surface area contributed by atoms with Crippen LogP contribution in [0.4, 0.5) is 5.69 Å². The lowest BCUT2D eigenvalue weighted by Crippen LogP contribution is -2.49. The molecule has 28 heavy (non-hydrogen) atoms. The van der Waals surface area contributed by atoms with Crippen molar-refractivity contribution in [2.75, 3.05) is 24.1 Å². The van der Waals surface area contributed by atoms with Crippen molar-refractivity contribution in [3.63, 3.8) is 0 Å². The number of sulfonamides is 1. The summed E-state index contributed by atoms with van der Waals surface area (Å²) >= 11 is 7.96. The number of halogens is 1. The number of piperidine rings is 1. The average Bonchev–Trinajstić information content (AvgIpc) is 3.00. The summed E-state index contributed by atoms with van der Waals surface area (Å²) in [5, 5.41) is 0. The predicted molar refractivity (Wildman–Crippen MR) is 115 cm³/mol. The van der Waals surface area contributed by atoms with E-state index in [0.29, 0.717) is 11.7 Å². The number of nitrogens with one attached hydrogen (secondary N) is 1. The van der Waals surface area contributed by atoms with E-state index in [4.69, 9.17) is 16.3 Å². The molecule has 8 heteroatoms. The van der Waals surface area contributed by atoms with Crippen LogP contribution < -0.4 is 4.72 Å². The van der Waals surface area contributed by atoms with Gasteiger partial charge in [0.25, 0.3) is 0 Å². The Morgan fingerprint density at radius 1 is 1.36 bits per heavy atom. The third-order valence-corrected chi connectivity index (χ3v) is 7.73. The van der Waals surface area contributed by atoms with Crippen LogP contribution in [0, 0.1) is 0 Å². The van der Waals surface area contributed by atoms with Crippen LogP contribution in [0.2, 0.25) is 4.34 Å². The van der Waals surface area contributed by atoms with Crippen LogP contribution >= 0.6 is 22.9 Å². The van der Waals surface area contributed by atoms with Crippen LogP contribution in [0.3, 0.4) is 0 Å². The standard InChI is InChI=1S/C20H25ClN2O3S2/c1-14-12-20(19-16(7-10-26-20)11-18(21)27-19)8-9-23(14)13-15-3-5-17(6-4-15)22-28(2,24)25/h3-6,11,14,22H,7-10,12-13H2,1-2H3/t14-,20+/m0/s1. The van der Waals surface area contributed by atoms with Crippen LogP contribution in [-0.2, 0) is 33.3 Å². The van der Waals surface area contributed by atoms with Crippen molar-refractivity contribution in [3.05, 3.63) is 50.7 Å². The number of nitrogens with zero attached hydrogens (tertiary/aromatic N) is 1. The first-order chi connectivity index (χ1) is 13.2. The Hall–Kier alpha value is -1.12. The number of hydrogen-bond acceptors (Lipinski definition) is 5. The van der Waals surface area contributed by atoms with Crippen molar-refractivity contribution in [3.8, 4) is 0 Å². The second-order valence-corrected chi connectivity index (χ2v) is 11.3. The number of rotatable bonds is 4. The highest BCUT2D eigenvalue weighted by atomic mass is 35.5. The first kappa shape index (κ1) is 20.2. The lowest BCUT2D eigenvalue weighted by atomic mass is 9.82. The van der Waals surface area contributed by atoms with Gasteiger partial charge in [0.1, 0.15) is 5.60 Å². The Morgan fingerprint density at radius 3 is 2.79 bits per heavy atom. The molecule has 1 spiro atoms. The molecular formula is C20H25ClN2O3S2. The zero-order chi connectivity index (χ0) is 19.9. The van der Waals surface area contributed by atoms with E-state index >= 15 is 0 Å². The number of thiophene rings is 1. The van der Waals surface area contributed by atoms with Gasteiger partial charge in [0.2, 0.25) is 10.0 Å². The van der Waals surface area contributed by atoms with E-state index in [2.05, 4.69) is 22.6 Å². The van der Waals surface area contributed by atoms with Gasteiger partial charge in [-0.2, -0.15) is 0 Å². The minimum atomic E-state index is -3.25. The van der Waals surface area contributed by atoms with E-state index in [1.807, 2.05) is 24.3 Å². The molecule has 1 saturated heterocycles. The Morgan fingerprint density at radius 2 is 2.11 bits per heavy atom. The Labute approximate surface area is 175 Å². The number of anilines is 1. The smallest absolute Gasteiger partial charge is 0.229 e. The third kappa shape index (κ3) is 4.24. The van der Waals surface area contributed by atoms with Crippen LogP contribution in [-0.4, -0.2) is 38.8 Å². The molecule has 2 aliphatic rings. The second kappa shape index (κ2) is 7.61. The molecule has 0 aliphatic carbocycles. The molecule has 0 saturated carbocycles. The van der Waals surface area contributed by atoms with Crippen molar-refractivity contribution in [2.45, 2.75) is 44.4 Å². The summed E-state index contributed by atoms with van der Waals surface area (Å²) in [6.45, 7) is 4.82. The second-order valence-electron chi connectivity index (χ2n) is 7.84. The van der Waals surface area contributed by atoms with Gasteiger partial charge in [0, 0.05) is 29.7 Å². The molecule has 4 rings (SSSR count). The molecule has 0 bridgehead atoms. The summed E-state index contributed by atoms with van der Waals surface area (Å²) in [5.74, 6) is 0. The van der Waals surface area contributed by atoms with E-state index < -0.39 is 10.0 Å². The monoisotopic (exact) mass is 440 g/mol. The molecule has 2 aliphatic heterocycles. The van der Waals surface area contributed by atoms with Gasteiger partial charge in [-0.1, -0.05) is 23.7 Å². The number of benzene rings is 1. The molecule has 0 unspecified atom stereocenters. The van der Waals surface area contributed by atoms with Crippen molar-refractivity contribution in [1.29, 1.82) is 0 Å². The first-order valence-corrected chi connectivity index (χ1v) is 12.6. The number of likely N-dealkylation sites (tertiary alicyclic amines) is 1. The topological polar surface area (TPSA) is 58.6 Å². The van der Waals surface area contributed by atoms with Crippen molar-refractivity contribution < 1.29 is 13.2 Å². The Balaban J connectivity index is 1.44. The maximum atomic E-state index is 11.3. The lowest BCUT2D eigenvalue weighted by Gasteiger charge is -2.47. The molecule has 2 atom stereocenters. The molecule has 3 heterocycles. The maximum absolute atomic E-state index is 11.3. The van der Waals surface area contributed by atoms with Gasteiger partial charge in [0.05, 0.1) is 17.2 Å². The highest BCUT2D eigenvalue weighted by Crippen LogP contribution is 2.48. The van der Waals surface area contributed by atoms with E-state index in [9.17, 15) is 8.42 Å². The fourth-order valence-corrected chi connectivity index (χ4v) is 6.39.